The summed E-state index contributed by atoms with van der Waals surface area (Å²) in [5.41, 5.74) is 14.3. The van der Waals surface area contributed by atoms with Crippen molar-refractivity contribution in [3.8, 4) is 11.5 Å². The predicted molar refractivity (Wildman–Crippen MR) is 298 cm³/mol. The molecule has 392 valence electrons. The van der Waals surface area contributed by atoms with Crippen LogP contribution in [0, 0.1) is 13.8 Å². The number of likely N-dealkylation sites (tertiary alicyclic amines) is 2. The van der Waals surface area contributed by atoms with Gasteiger partial charge in [0.05, 0.1) is 25.6 Å². The monoisotopic (exact) mass is 1040 g/mol. The molecule has 2 aliphatic heterocycles. The normalized spacial score (nSPS) is 13.3. The summed E-state index contributed by atoms with van der Waals surface area (Å²) in [4.78, 5) is 66.7. The summed E-state index contributed by atoms with van der Waals surface area (Å²) in [6.07, 6.45) is 9.71. The second kappa shape index (κ2) is 27.0. The molecule has 0 aliphatic carbocycles. The summed E-state index contributed by atoms with van der Waals surface area (Å²) in [6, 6.07) is 26.7. The second-order valence-corrected chi connectivity index (χ2v) is 18.2. The first-order valence-corrected chi connectivity index (χ1v) is 24.8. The Morgan fingerprint density at radius 1 is 0.627 bits per heavy atom. The minimum Gasteiger partial charge on any atom is -0.495 e. The number of nitrogen functional groups attached to an aromatic ring is 1. The molecule has 18 nitrogen and oxygen atoms in total. The number of halogens is 1. The van der Waals surface area contributed by atoms with E-state index in [9.17, 15) is 19.2 Å². The molecule has 4 aromatic carbocycles. The number of nitrogens with two attached hydrogens (primary N) is 1. The van der Waals surface area contributed by atoms with Gasteiger partial charge in [-0.3, -0.25) is 19.2 Å². The molecule has 2 aromatic heterocycles. The maximum absolute atomic E-state index is 11.6. The zero-order chi connectivity index (χ0) is 54.0. The van der Waals surface area contributed by atoms with Gasteiger partial charge in [-0.25, -0.2) is 15.0 Å². The number of amides is 4. The van der Waals surface area contributed by atoms with Crippen LogP contribution in [0.15, 0.2) is 123 Å². The van der Waals surface area contributed by atoms with E-state index in [-0.39, 0.29) is 28.9 Å². The van der Waals surface area contributed by atoms with E-state index in [2.05, 4.69) is 71.8 Å². The third-order valence-electron chi connectivity index (χ3n) is 12.6. The SMILES string of the molecule is C=CC(=O)Nc1cccc(Nc2nc(Cl)ncc2C)c1.C=CC(=O)Nc1cccc(Nc2nc(Nc3ccc(C4CCN(C(C)=O)CC4)cc3OC)ncc2C)c1.COc1cc(C2CCN(C(C)=O)CC2)ccc1N. The van der Waals surface area contributed by atoms with Crippen molar-refractivity contribution in [2.24, 2.45) is 0 Å². The minimum atomic E-state index is -0.275. The topological polar surface area (TPSA) is 231 Å². The molecule has 6 aromatic rings. The van der Waals surface area contributed by atoms with Gasteiger partial charge in [0.15, 0.2) is 0 Å². The first kappa shape index (κ1) is 55.8. The molecular weight excluding hydrogens is 972 g/mol. The van der Waals surface area contributed by atoms with E-state index in [0.29, 0.717) is 52.2 Å². The largest absolute Gasteiger partial charge is 0.495 e. The molecule has 7 N–H and O–H groups in total. The van der Waals surface area contributed by atoms with Crippen LogP contribution >= 0.6 is 11.6 Å². The van der Waals surface area contributed by atoms with Gasteiger partial charge >= 0.3 is 0 Å². The van der Waals surface area contributed by atoms with Crippen molar-refractivity contribution in [2.45, 2.75) is 65.2 Å². The lowest BCUT2D eigenvalue weighted by Gasteiger charge is -2.31. The van der Waals surface area contributed by atoms with E-state index in [1.54, 1.807) is 58.7 Å². The lowest BCUT2D eigenvalue weighted by Crippen LogP contribution is -2.36. The number of piperidine rings is 2. The number of benzene rings is 4. The van der Waals surface area contributed by atoms with E-state index in [0.717, 1.165) is 85.8 Å². The highest BCUT2D eigenvalue weighted by molar-refractivity contribution is 6.28. The molecule has 0 bridgehead atoms. The van der Waals surface area contributed by atoms with Gasteiger partial charge in [-0.15, -0.1) is 0 Å². The number of carbonyl (C=O) groups is 4. The number of hydrogen-bond donors (Lipinski definition) is 6. The quantitative estimate of drug-likeness (QED) is 0.0339. The van der Waals surface area contributed by atoms with E-state index >= 15 is 0 Å². The highest BCUT2D eigenvalue weighted by atomic mass is 35.5. The Labute approximate surface area is 443 Å². The zero-order valence-corrected chi connectivity index (χ0v) is 44.0. The average Bonchev–Trinajstić information content (AvgIpc) is 3.41. The summed E-state index contributed by atoms with van der Waals surface area (Å²) in [7, 11) is 3.28. The number of aromatic nitrogens is 4. The van der Waals surface area contributed by atoms with Crippen LogP contribution in [0.1, 0.15) is 73.6 Å². The molecule has 0 atom stereocenters. The van der Waals surface area contributed by atoms with Crippen LogP contribution in [-0.4, -0.2) is 93.8 Å². The van der Waals surface area contributed by atoms with Crippen molar-refractivity contribution < 1.29 is 28.7 Å². The number of hydrogen-bond acceptors (Lipinski definition) is 14. The van der Waals surface area contributed by atoms with Crippen LogP contribution in [-0.2, 0) is 19.2 Å². The first-order valence-electron chi connectivity index (χ1n) is 24.4. The summed E-state index contributed by atoms with van der Waals surface area (Å²) < 4.78 is 10.9. The number of rotatable bonds is 14. The van der Waals surface area contributed by atoms with Crippen molar-refractivity contribution in [3.05, 3.63) is 150 Å². The summed E-state index contributed by atoms with van der Waals surface area (Å²) in [5, 5.41) is 15.3. The maximum Gasteiger partial charge on any atom is 0.247 e. The van der Waals surface area contributed by atoms with Crippen molar-refractivity contribution >= 4 is 86.9 Å². The molecule has 0 radical (unpaired) electrons. The smallest absolute Gasteiger partial charge is 0.247 e. The standard InChI is InChI=1S/C28H32N6O3.C14H13ClN4O.C14H20N2O2/c1-5-26(36)30-22-7-6-8-23(16-22)31-27-18(2)17-29-28(33-27)32-24-10-9-21(15-25(24)37-4)20-11-13-34(14-12-20)19(3)35;1-3-12(20)17-10-5-4-6-11(7-10)18-13-9(2)8-16-14(15)19-13;1-10(17)16-7-5-11(6-8-16)12-3-4-13(15)14(9-12)18-2/h5-10,15-17,20H,1,11-14H2,2-4H3,(H,30,36)(H2,29,31,32,33);3-8H,1H2,2H3,(H,17,20)(H,16,18,19);3-4,9,11H,5-8,15H2,1-2H3. The van der Waals surface area contributed by atoms with Crippen LogP contribution in [0.2, 0.25) is 5.28 Å². The Bertz CT molecular complexity index is 2990. The maximum atomic E-state index is 11.6. The van der Waals surface area contributed by atoms with Gasteiger partial charge in [0, 0.05) is 86.3 Å². The lowest BCUT2D eigenvalue weighted by atomic mass is 9.89. The van der Waals surface area contributed by atoms with E-state index in [1.807, 2.05) is 78.2 Å². The summed E-state index contributed by atoms with van der Waals surface area (Å²) in [5.74, 6) is 3.77. The fourth-order valence-corrected chi connectivity index (χ4v) is 8.54. The van der Waals surface area contributed by atoms with Gasteiger partial charge in [0.2, 0.25) is 34.9 Å². The third kappa shape index (κ3) is 16.2. The van der Waals surface area contributed by atoms with Crippen LogP contribution in [0.4, 0.5) is 51.7 Å². The fourth-order valence-electron chi connectivity index (χ4n) is 8.41. The van der Waals surface area contributed by atoms with E-state index in [4.69, 9.17) is 26.8 Å². The molecule has 0 saturated carbocycles. The van der Waals surface area contributed by atoms with Gasteiger partial charge in [-0.05, 0) is 147 Å². The molecular formula is C56H65ClN12O6. The molecule has 0 unspecified atom stereocenters. The number of methoxy groups -OCH3 is 2. The van der Waals surface area contributed by atoms with Crippen LogP contribution in [0.3, 0.4) is 0 Å². The van der Waals surface area contributed by atoms with Crippen molar-refractivity contribution in [1.82, 2.24) is 29.7 Å². The number of nitrogens with zero attached hydrogens (tertiary/aromatic N) is 6. The predicted octanol–water partition coefficient (Wildman–Crippen LogP) is 10.4. The number of anilines is 9. The molecule has 75 heavy (non-hydrogen) atoms. The molecule has 19 heteroatoms. The van der Waals surface area contributed by atoms with Gasteiger partial charge in [-0.1, -0.05) is 37.4 Å². The molecule has 2 fully saturated rings. The Hall–Kier alpha value is -8.51. The molecule has 8 rings (SSSR count). The van der Waals surface area contributed by atoms with E-state index < -0.39 is 0 Å². The van der Waals surface area contributed by atoms with Crippen molar-refractivity contribution in [2.75, 3.05) is 72.7 Å². The number of aryl methyl sites for hydroxylation is 2. The molecule has 4 amide bonds. The third-order valence-corrected chi connectivity index (χ3v) is 12.8. The van der Waals surface area contributed by atoms with Gasteiger partial charge in [0.1, 0.15) is 23.1 Å². The highest BCUT2D eigenvalue weighted by Crippen LogP contribution is 2.36. The van der Waals surface area contributed by atoms with Gasteiger partial charge < -0.3 is 51.6 Å². The summed E-state index contributed by atoms with van der Waals surface area (Å²) in [6.45, 7) is 17.2. The Balaban J connectivity index is 0.000000202. The number of nitrogens with one attached hydrogen (secondary N) is 5. The van der Waals surface area contributed by atoms with Crippen LogP contribution in [0.5, 0.6) is 11.5 Å². The first-order chi connectivity index (χ1) is 36.0. The zero-order valence-electron chi connectivity index (χ0n) is 43.2. The molecule has 2 saturated heterocycles. The summed E-state index contributed by atoms with van der Waals surface area (Å²) >= 11 is 5.77. The molecule has 0 spiro atoms. The lowest BCUT2D eigenvalue weighted by molar-refractivity contribution is -0.130. The average molecular weight is 1040 g/mol. The minimum absolute atomic E-state index is 0.134. The molecule has 2 aliphatic rings. The number of carbonyl (C=O) groups excluding carboxylic acids is 4. The van der Waals surface area contributed by atoms with Crippen LogP contribution < -0.4 is 41.8 Å². The van der Waals surface area contributed by atoms with E-state index in [1.165, 1.54) is 23.3 Å². The Morgan fingerprint density at radius 2 is 1.08 bits per heavy atom. The van der Waals surface area contributed by atoms with Gasteiger partial charge in [0.25, 0.3) is 0 Å². The fraction of sp³-hybridized carbons (Fsp3) is 0.286. The van der Waals surface area contributed by atoms with Crippen LogP contribution in [0.25, 0.3) is 0 Å². The molecule has 4 heterocycles. The van der Waals surface area contributed by atoms with Gasteiger partial charge in [-0.2, -0.15) is 4.98 Å². The Kier molecular flexibility index (Phi) is 20.1. The second-order valence-electron chi connectivity index (χ2n) is 17.8. The van der Waals surface area contributed by atoms with Crippen molar-refractivity contribution in [3.63, 3.8) is 0 Å². The number of ether oxygens (including phenoxy) is 2. The highest BCUT2D eigenvalue weighted by Gasteiger charge is 2.24. The Morgan fingerprint density at radius 3 is 1.56 bits per heavy atom. The van der Waals surface area contributed by atoms with Crippen molar-refractivity contribution in [1.29, 1.82) is 0 Å².